The van der Waals surface area contributed by atoms with Gasteiger partial charge in [-0.25, -0.2) is 0 Å². The molecule has 0 saturated heterocycles. The summed E-state index contributed by atoms with van der Waals surface area (Å²) in [6.45, 7) is 9.71. The fraction of sp³-hybridized carbons (Fsp3) is 0.273. The van der Waals surface area contributed by atoms with Gasteiger partial charge in [0, 0.05) is 5.92 Å². The first-order valence-electron chi connectivity index (χ1n) is 3.92. The summed E-state index contributed by atoms with van der Waals surface area (Å²) >= 11 is 0. The molecule has 0 amide bonds. The Balaban J connectivity index is 2.98. The van der Waals surface area contributed by atoms with Crippen LogP contribution in [0.5, 0.6) is 0 Å². The maximum absolute atomic E-state index is 3.80. The Morgan fingerprint density at radius 2 is 2.27 bits per heavy atom. The molecule has 0 bridgehead atoms. The van der Waals surface area contributed by atoms with Crippen molar-refractivity contribution in [3.8, 4) is 0 Å². The summed E-state index contributed by atoms with van der Waals surface area (Å²) in [5.41, 5.74) is 2.64. The molecule has 58 valence electrons. The average Bonchev–Trinajstić information content (AvgIpc) is 2.04. The van der Waals surface area contributed by atoms with E-state index in [4.69, 9.17) is 0 Å². The molecule has 0 N–H and O–H groups in total. The molecule has 0 unspecified atom stereocenters. The van der Waals surface area contributed by atoms with Crippen LogP contribution in [0.2, 0.25) is 0 Å². The molecule has 11 heavy (non-hydrogen) atoms. The van der Waals surface area contributed by atoms with E-state index >= 15 is 0 Å². The van der Waals surface area contributed by atoms with E-state index in [0.717, 1.165) is 6.42 Å². The minimum atomic E-state index is 0.484. The van der Waals surface area contributed by atoms with Crippen molar-refractivity contribution < 1.29 is 0 Å². The van der Waals surface area contributed by atoms with Crippen LogP contribution in [0.15, 0.2) is 48.6 Å². The zero-order valence-corrected chi connectivity index (χ0v) is 7.01. The van der Waals surface area contributed by atoms with Crippen LogP contribution >= 0.6 is 0 Å². The van der Waals surface area contributed by atoms with Crippen LogP contribution in [-0.2, 0) is 0 Å². The van der Waals surface area contributed by atoms with Crippen molar-refractivity contribution in [3.63, 3.8) is 0 Å². The summed E-state index contributed by atoms with van der Waals surface area (Å²) in [7, 11) is 0. The first-order chi connectivity index (χ1) is 5.29. The molecule has 0 saturated carbocycles. The van der Waals surface area contributed by atoms with E-state index in [0.29, 0.717) is 5.92 Å². The Morgan fingerprint density at radius 3 is 2.73 bits per heavy atom. The van der Waals surface area contributed by atoms with Crippen molar-refractivity contribution in [2.45, 2.75) is 13.3 Å². The Labute approximate surface area is 68.6 Å². The van der Waals surface area contributed by atoms with Crippen LogP contribution in [0.1, 0.15) is 13.3 Å². The normalized spacial score (nSPS) is 23.5. The van der Waals surface area contributed by atoms with Gasteiger partial charge in [-0.05, 0) is 24.5 Å². The van der Waals surface area contributed by atoms with Gasteiger partial charge in [-0.2, -0.15) is 0 Å². The van der Waals surface area contributed by atoms with Gasteiger partial charge in [0.05, 0.1) is 0 Å². The topological polar surface area (TPSA) is 0 Å². The summed E-state index contributed by atoms with van der Waals surface area (Å²) in [6.07, 6.45) is 9.34. The molecule has 1 atom stereocenters. The lowest BCUT2D eigenvalue weighted by Gasteiger charge is -2.17. The SMILES string of the molecule is C=CC1=C(C)C=CC[C@H]1C=C. The highest BCUT2D eigenvalue weighted by Crippen LogP contribution is 2.26. The van der Waals surface area contributed by atoms with E-state index in [1.165, 1.54) is 11.1 Å². The number of rotatable bonds is 2. The molecule has 0 fully saturated rings. The summed E-state index contributed by atoms with van der Waals surface area (Å²) in [5.74, 6) is 0.484. The summed E-state index contributed by atoms with van der Waals surface area (Å²) < 4.78 is 0. The second-order valence-electron chi connectivity index (χ2n) is 2.82. The largest absolute Gasteiger partial charge is 0.102 e. The highest BCUT2D eigenvalue weighted by molar-refractivity contribution is 5.38. The summed E-state index contributed by atoms with van der Waals surface area (Å²) in [4.78, 5) is 0. The third kappa shape index (κ3) is 1.51. The Kier molecular flexibility index (Phi) is 2.48. The molecule has 0 spiro atoms. The van der Waals surface area contributed by atoms with Gasteiger partial charge < -0.3 is 0 Å². The summed E-state index contributed by atoms with van der Waals surface area (Å²) in [6, 6.07) is 0. The highest BCUT2D eigenvalue weighted by Gasteiger charge is 2.11. The van der Waals surface area contributed by atoms with Crippen molar-refractivity contribution in [1.29, 1.82) is 0 Å². The third-order valence-corrected chi connectivity index (χ3v) is 2.12. The van der Waals surface area contributed by atoms with Crippen molar-refractivity contribution in [2.24, 2.45) is 5.92 Å². The van der Waals surface area contributed by atoms with Crippen LogP contribution in [-0.4, -0.2) is 0 Å². The smallest absolute Gasteiger partial charge is 0.00523 e. The summed E-state index contributed by atoms with van der Waals surface area (Å²) in [5, 5.41) is 0. The molecule has 0 heterocycles. The van der Waals surface area contributed by atoms with Crippen LogP contribution in [0, 0.1) is 5.92 Å². The predicted octanol–water partition coefficient (Wildman–Crippen LogP) is 3.25. The lowest BCUT2D eigenvalue weighted by Crippen LogP contribution is -2.02. The highest BCUT2D eigenvalue weighted by atomic mass is 14.2. The third-order valence-electron chi connectivity index (χ3n) is 2.12. The Hall–Kier alpha value is -1.04. The molecular formula is C11H14. The molecule has 0 aromatic carbocycles. The van der Waals surface area contributed by atoms with Gasteiger partial charge in [0.1, 0.15) is 0 Å². The monoisotopic (exact) mass is 146 g/mol. The molecule has 1 aliphatic carbocycles. The Bertz CT molecular complexity index is 228. The van der Waals surface area contributed by atoms with Crippen LogP contribution in [0.4, 0.5) is 0 Å². The molecule has 0 aromatic heterocycles. The van der Waals surface area contributed by atoms with E-state index in [9.17, 15) is 0 Å². The lowest BCUT2D eigenvalue weighted by molar-refractivity contribution is 0.776. The quantitative estimate of drug-likeness (QED) is 0.524. The lowest BCUT2D eigenvalue weighted by atomic mass is 9.88. The fourth-order valence-corrected chi connectivity index (χ4v) is 1.44. The second-order valence-corrected chi connectivity index (χ2v) is 2.82. The first-order valence-corrected chi connectivity index (χ1v) is 3.92. The maximum Gasteiger partial charge on any atom is 0.00523 e. The molecule has 0 nitrogen and oxygen atoms in total. The van der Waals surface area contributed by atoms with Crippen LogP contribution in [0.25, 0.3) is 0 Å². The minimum absolute atomic E-state index is 0.484. The number of hydrogen-bond acceptors (Lipinski definition) is 0. The van der Waals surface area contributed by atoms with Crippen LogP contribution in [0.3, 0.4) is 0 Å². The molecule has 0 aromatic rings. The molecule has 0 aliphatic heterocycles. The number of allylic oxidation sites excluding steroid dienone is 6. The first kappa shape index (κ1) is 8.06. The van der Waals surface area contributed by atoms with Gasteiger partial charge in [-0.15, -0.1) is 6.58 Å². The zero-order valence-electron chi connectivity index (χ0n) is 7.01. The van der Waals surface area contributed by atoms with Crippen molar-refractivity contribution in [2.75, 3.05) is 0 Å². The molecule has 0 heteroatoms. The molecule has 0 radical (unpaired) electrons. The van der Waals surface area contributed by atoms with Crippen LogP contribution < -0.4 is 0 Å². The van der Waals surface area contributed by atoms with Gasteiger partial charge in [-0.1, -0.05) is 30.9 Å². The van der Waals surface area contributed by atoms with Gasteiger partial charge in [-0.3, -0.25) is 0 Å². The van der Waals surface area contributed by atoms with Gasteiger partial charge in [0.15, 0.2) is 0 Å². The van der Waals surface area contributed by atoms with Gasteiger partial charge >= 0.3 is 0 Å². The van der Waals surface area contributed by atoms with Gasteiger partial charge in [0.2, 0.25) is 0 Å². The zero-order chi connectivity index (χ0) is 8.27. The number of hydrogen-bond donors (Lipinski definition) is 0. The van der Waals surface area contributed by atoms with E-state index in [-0.39, 0.29) is 0 Å². The van der Waals surface area contributed by atoms with Gasteiger partial charge in [0.25, 0.3) is 0 Å². The van der Waals surface area contributed by atoms with Crippen molar-refractivity contribution in [3.05, 3.63) is 48.6 Å². The molecule has 1 aliphatic rings. The van der Waals surface area contributed by atoms with Crippen molar-refractivity contribution >= 4 is 0 Å². The van der Waals surface area contributed by atoms with E-state index in [2.05, 4.69) is 32.2 Å². The van der Waals surface area contributed by atoms with E-state index in [1.807, 2.05) is 12.2 Å². The molecule has 1 rings (SSSR count). The average molecular weight is 146 g/mol. The maximum atomic E-state index is 3.80. The van der Waals surface area contributed by atoms with E-state index in [1.54, 1.807) is 0 Å². The predicted molar refractivity (Wildman–Crippen MR) is 50.3 cm³/mol. The van der Waals surface area contributed by atoms with E-state index < -0.39 is 0 Å². The molecular weight excluding hydrogens is 132 g/mol. The standard InChI is InChI=1S/C11H14/c1-4-10-8-6-7-9(3)11(10)5-2/h4-7,10H,1-2,8H2,3H3/t10-/m1/s1. The van der Waals surface area contributed by atoms with Crippen molar-refractivity contribution in [1.82, 2.24) is 0 Å². The second kappa shape index (κ2) is 3.38. The Morgan fingerprint density at radius 1 is 1.55 bits per heavy atom. The fourth-order valence-electron chi connectivity index (χ4n) is 1.44. The minimum Gasteiger partial charge on any atom is -0.102 e.